The zero-order valence-electron chi connectivity index (χ0n) is 12.4. The summed E-state index contributed by atoms with van der Waals surface area (Å²) < 4.78 is 5.55. The lowest BCUT2D eigenvalue weighted by Crippen LogP contribution is -2.03. The molecule has 2 nitrogen and oxygen atoms in total. The van der Waals surface area contributed by atoms with E-state index in [1.807, 2.05) is 12.1 Å². The van der Waals surface area contributed by atoms with Gasteiger partial charge in [-0.25, -0.2) is 0 Å². The zero-order valence-corrected chi connectivity index (χ0v) is 12.4. The molecule has 19 heavy (non-hydrogen) atoms. The molecule has 0 unspecified atom stereocenters. The second-order valence-electron chi connectivity index (χ2n) is 5.53. The first kappa shape index (κ1) is 16.0. The highest BCUT2D eigenvalue weighted by Gasteiger charge is 2.02. The van der Waals surface area contributed by atoms with Crippen LogP contribution >= 0.6 is 0 Å². The van der Waals surface area contributed by atoms with Crippen molar-refractivity contribution in [3.8, 4) is 5.75 Å². The predicted octanol–water partition coefficient (Wildman–Crippen LogP) is 4.21. The Morgan fingerprint density at radius 1 is 1.05 bits per heavy atom. The third kappa shape index (κ3) is 7.22. The molecular formula is C17H28O2. The van der Waals surface area contributed by atoms with Gasteiger partial charge in [-0.15, -0.1) is 0 Å². The Balaban J connectivity index is 2.24. The highest BCUT2D eigenvalue weighted by atomic mass is 16.5. The van der Waals surface area contributed by atoms with E-state index < -0.39 is 0 Å². The fourth-order valence-corrected chi connectivity index (χ4v) is 2.23. The van der Waals surface area contributed by atoms with Gasteiger partial charge in [0.2, 0.25) is 0 Å². The molecule has 0 fully saturated rings. The number of aliphatic hydroxyl groups excluding tert-OH is 1. The first-order chi connectivity index (χ1) is 9.24. The summed E-state index contributed by atoms with van der Waals surface area (Å²) in [4.78, 5) is 0. The summed E-state index contributed by atoms with van der Waals surface area (Å²) in [5.74, 6) is 1.76. The topological polar surface area (TPSA) is 29.5 Å². The van der Waals surface area contributed by atoms with E-state index in [1.165, 1.54) is 37.7 Å². The van der Waals surface area contributed by atoms with Gasteiger partial charge in [0.25, 0.3) is 0 Å². The van der Waals surface area contributed by atoms with Crippen molar-refractivity contribution in [2.75, 3.05) is 13.2 Å². The first-order valence-electron chi connectivity index (χ1n) is 7.55. The molecule has 0 saturated carbocycles. The maximum absolute atomic E-state index is 8.81. The van der Waals surface area contributed by atoms with Crippen molar-refractivity contribution in [3.63, 3.8) is 0 Å². The molecule has 0 aromatic heterocycles. The van der Waals surface area contributed by atoms with Crippen molar-refractivity contribution in [2.45, 2.75) is 52.4 Å². The van der Waals surface area contributed by atoms with Gasteiger partial charge in [0.15, 0.2) is 0 Å². The SMILES string of the molecule is CC(C)CCCCCCc1ccccc1OCCO. The van der Waals surface area contributed by atoms with E-state index in [2.05, 4.69) is 26.0 Å². The molecule has 2 heteroatoms. The minimum absolute atomic E-state index is 0.0730. The molecule has 0 saturated heterocycles. The highest BCUT2D eigenvalue weighted by Crippen LogP contribution is 2.20. The smallest absolute Gasteiger partial charge is 0.122 e. The monoisotopic (exact) mass is 264 g/mol. The molecular weight excluding hydrogens is 236 g/mol. The lowest BCUT2D eigenvalue weighted by molar-refractivity contribution is 0.200. The van der Waals surface area contributed by atoms with Crippen LogP contribution in [0.15, 0.2) is 24.3 Å². The maximum Gasteiger partial charge on any atom is 0.122 e. The third-order valence-corrected chi connectivity index (χ3v) is 3.30. The van der Waals surface area contributed by atoms with Crippen molar-refractivity contribution in [1.29, 1.82) is 0 Å². The van der Waals surface area contributed by atoms with Gasteiger partial charge < -0.3 is 9.84 Å². The number of rotatable bonds is 10. The number of aliphatic hydroxyl groups is 1. The molecule has 0 heterocycles. The Morgan fingerprint density at radius 2 is 1.79 bits per heavy atom. The minimum Gasteiger partial charge on any atom is -0.491 e. The number of aryl methyl sites for hydroxylation is 1. The van der Waals surface area contributed by atoms with Crippen LogP contribution in [0.4, 0.5) is 0 Å². The van der Waals surface area contributed by atoms with E-state index >= 15 is 0 Å². The Bertz CT molecular complexity index is 334. The minimum atomic E-state index is 0.0730. The average Bonchev–Trinajstić information content (AvgIpc) is 2.41. The molecule has 1 aromatic rings. The standard InChI is InChI=1S/C17H28O2/c1-15(2)9-5-3-4-6-10-16-11-7-8-12-17(16)19-14-13-18/h7-8,11-12,15,18H,3-6,9-10,13-14H2,1-2H3. The average molecular weight is 264 g/mol. The molecule has 0 bridgehead atoms. The first-order valence-corrected chi connectivity index (χ1v) is 7.55. The largest absolute Gasteiger partial charge is 0.491 e. The number of ether oxygens (including phenoxy) is 1. The summed E-state index contributed by atoms with van der Waals surface area (Å²) in [6, 6.07) is 8.16. The lowest BCUT2D eigenvalue weighted by Gasteiger charge is -2.10. The quantitative estimate of drug-likeness (QED) is 0.642. The number of benzene rings is 1. The molecule has 0 spiro atoms. The van der Waals surface area contributed by atoms with Crippen molar-refractivity contribution in [3.05, 3.63) is 29.8 Å². The lowest BCUT2D eigenvalue weighted by atomic mass is 10.0. The molecule has 0 aliphatic heterocycles. The summed E-state index contributed by atoms with van der Waals surface area (Å²) in [6.45, 7) is 5.03. The summed E-state index contributed by atoms with van der Waals surface area (Å²) in [5, 5.41) is 8.81. The maximum atomic E-state index is 8.81. The van der Waals surface area contributed by atoms with Gasteiger partial charge in [-0.2, -0.15) is 0 Å². The van der Waals surface area contributed by atoms with Crippen LogP contribution < -0.4 is 4.74 Å². The molecule has 0 aliphatic rings. The van der Waals surface area contributed by atoms with Crippen LogP contribution in [-0.4, -0.2) is 18.3 Å². The van der Waals surface area contributed by atoms with E-state index in [4.69, 9.17) is 9.84 Å². The van der Waals surface area contributed by atoms with Crippen LogP contribution in [0.1, 0.15) is 51.5 Å². The summed E-state index contributed by atoms with van der Waals surface area (Å²) in [5.41, 5.74) is 1.26. The molecule has 0 atom stereocenters. The fraction of sp³-hybridized carbons (Fsp3) is 0.647. The summed E-state index contributed by atoms with van der Waals surface area (Å²) in [7, 11) is 0. The van der Waals surface area contributed by atoms with Crippen molar-refractivity contribution < 1.29 is 9.84 Å². The molecule has 1 aromatic carbocycles. The number of para-hydroxylation sites is 1. The van der Waals surface area contributed by atoms with Crippen LogP contribution in [0, 0.1) is 5.92 Å². The van der Waals surface area contributed by atoms with Gasteiger partial charge >= 0.3 is 0 Å². The van der Waals surface area contributed by atoms with Crippen LogP contribution in [0.3, 0.4) is 0 Å². The normalized spacial score (nSPS) is 10.9. The Kier molecular flexibility index (Phi) is 8.31. The molecule has 108 valence electrons. The Hall–Kier alpha value is -1.02. The van der Waals surface area contributed by atoms with E-state index in [0.29, 0.717) is 6.61 Å². The number of hydrogen-bond acceptors (Lipinski definition) is 2. The molecule has 0 radical (unpaired) electrons. The van der Waals surface area contributed by atoms with E-state index in [-0.39, 0.29) is 6.61 Å². The van der Waals surface area contributed by atoms with E-state index in [0.717, 1.165) is 18.1 Å². The van der Waals surface area contributed by atoms with Crippen molar-refractivity contribution in [2.24, 2.45) is 5.92 Å². The van der Waals surface area contributed by atoms with E-state index in [1.54, 1.807) is 0 Å². The third-order valence-electron chi connectivity index (χ3n) is 3.30. The van der Waals surface area contributed by atoms with Crippen LogP contribution in [0.25, 0.3) is 0 Å². The van der Waals surface area contributed by atoms with Crippen LogP contribution in [-0.2, 0) is 6.42 Å². The molecule has 1 N–H and O–H groups in total. The number of unbranched alkanes of at least 4 members (excludes halogenated alkanes) is 3. The molecule has 0 amide bonds. The van der Waals surface area contributed by atoms with Crippen molar-refractivity contribution >= 4 is 0 Å². The second kappa shape index (κ2) is 9.85. The van der Waals surface area contributed by atoms with Crippen LogP contribution in [0.5, 0.6) is 5.75 Å². The Morgan fingerprint density at radius 3 is 2.53 bits per heavy atom. The van der Waals surface area contributed by atoms with Crippen LogP contribution in [0.2, 0.25) is 0 Å². The predicted molar refractivity (Wildman–Crippen MR) is 80.6 cm³/mol. The van der Waals surface area contributed by atoms with E-state index in [9.17, 15) is 0 Å². The fourth-order valence-electron chi connectivity index (χ4n) is 2.23. The number of hydrogen-bond donors (Lipinski definition) is 1. The zero-order chi connectivity index (χ0) is 13.9. The van der Waals surface area contributed by atoms with Gasteiger partial charge in [0, 0.05) is 0 Å². The van der Waals surface area contributed by atoms with Crippen molar-refractivity contribution in [1.82, 2.24) is 0 Å². The second-order valence-corrected chi connectivity index (χ2v) is 5.53. The molecule has 1 rings (SSSR count). The van der Waals surface area contributed by atoms with Gasteiger partial charge in [-0.1, -0.05) is 57.7 Å². The molecule has 0 aliphatic carbocycles. The van der Waals surface area contributed by atoms with Gasteiger partial charge in [0.1, 0.15) is 12.4 Å². The summed E-state index contributed by atoms with van der Waals surface area (Å²) in [6.07, 6.45) is 7.61. The van der Waals surface area contributed by atoms with Gasteiger partial charge in [-0.3, -0.25) is 0 Å². The van der Waals surface area contributed by atoms with Gasteiger partial charge in [-0.05, 0) is 30.4 Å². The summed E-state index contributed by atoms with van der Waals surface area (Å²) >= 11 is 0. The highest BCUT2D eigenvalue weighted by molar-refractivity contribution is 5.33. The van der Waals surface area contributed by atoms with Gasteiger partial charge in [0.05, 0.1) is 6.61 Å². The Labute approximate surface area is 117 Å².